The van der Waals surface area contributed by atoms with Crippen LogP contribution < -0.4 is 0 Å². The molecular weight excluding hydrogens is 248 g/mol. The molecule has 0 saturated heterocycles. The van der Waals surface area contributed by atoms with Crippen molar-refractivity contribution in [2.24, 2.45) is 23.7 Å². The van der Waals surface area contributed by atoms with Gasteiger partial charge in [0.2, 0.25) is 0 Å². The Balaban J connectivity index is 3.10. The fourth-order valence-corrected chi connectivity index (χ4v) is 2.51. The lowest BCUT2D eigenvalue weighted by Gasteiger charge is -2.18. The van der Waals surface area contributed by atoms with Crippen LogP contribution >= 0.6 is 0 Å². The highest BCUT2D eigenvalue weighted by atomic mass is 16.4. The number of carboxylic acids is 4. The predicted octanol–water partition coefficient (Wildman–Crippen LogP) is -0.417. The van der Waals surface area contributed by atoms with Crippen LogP contribution in [0, 0.1) is 23.7 Å². The summed E-state index contributed by atoms with van der Waals surface area (Å²) < 4.78 is 0. The highest BCUT2D eigenvalue weighted by molar-refractivity contribution is 5.85. The standard InChI is InChI=1S/C10H12O8/c11-6(12)2-3-4(8(13)14)1-5(9(15)16)7(3)10(17)18/h3-5,7H,1-2H2,(H,11,12)(H,13,14)(H,15,16)(H,17,18)/t3-,4-,5+,7+/m0/s1. The average Bonchev–Trinajstić information content (AvgIpc) is 2.56. The maximum Gasteiger partial charge on any atom is 0.307 e. The summed E-state index contributed by atoms with van der Waals surface area (Å²) in [6, 6.07) is 0. The van der Waals surface area contributed by atoms with Crippen LogP contribution in [0.1, 0.15) is 12.8 Å². The molecule has 18 heavy (non-hydrogen) atoms. The monoisotopic (exact) mass is 260 g/mol. The zero-order valence-corrected chi connectivity index (χ0v) is 9.15. The Kier molecular flexibility index (Phi) is 3.89. The zero-order chi connectivity index (χ0) is 14.0. The zero-order valence-electron chi connectivity index (χ0n) is 9.15. The number of aliphatic carboxylic acids is 4. The first-order chi connectivity index (χ1) is 8.25. The van der Waals surface area contributed by atoms with Crippen LogP contribution in [0.2, 0.25) is 0 Å². The van der Waals surface area contributed by atoms with E-state index in [1.807, 2.05) is 0 Å². The molecule has 8 nitrogen and oxygen atoms in total. The molecule has 8 heteroatoms. The van der Waals surface area contributed by atoms with Crippen molar-refractivity contribution in [3.63, 3.8) is 0 Å². The van der Waals surface area contributed by atoms with E-state index in [-0.39, 0.29) is 6.42 Å². The molecule has 0 spiro atoms. The van der Waals surface area contributed by atoms with E-state index in [0.29, 0.717) is 0 Å². The summed E-state index contributed by atoms with van der Waals surface area (Å²) in [5.41, 5.74) is 0. The van der Waals surface area contributed by atoms with Crippen LogP contribution in [0.15, 0.2) is 0 Å². The maximum absolute atomic E-state index is 11.0. The fraction of sp³-hybridized carbons (Fsp3) is 0.600. The smallest absolute Gasteiger partial charge is 0.307 e. The predicted molar refractivity (Wildman–Crippen MR) is 53.7 cm³/mol. The summed E-state index contributed by atoms with van der Waals surface area (Å²) in [4.78, 5) is 43.5. The first-order valence-corrected chi connectivity index (χ1v) is 5.16. The van der Waals surface area contributed by atoms with Gasteiger partial charge in [0.1, 0.15) is 0 Å². The van der Waals surface area contributed by atoms with Crippen LogP contribution in [0.3, 0.4) is 0 Å². The van der Waals surface area contributed by atoms with Gasteiger partial charge in [0.25, 0.3) is 0 Å². The van der Waals surface area contributed by atoms with E-state index in [0.717, 1.165) is 0 Å². The molecule has 0 aromatic carbocycles. The third kappa shape index (κ3) is 2.58. The number of hydrogen-bond donors (Lipinski definition) is 4. The van der Waals surface area contributed by atoms with Gasteiger partial charge in [-0.15, -0.1) is 0 Å². The molecule has 4 N–H and O–H groups in total. The van der Waals surface area contributed by atoms with Crippen LogP contribution in [-0.2, 0) is 19.2 Å². The van der Waals surface area contributed by atoms with Gasteiger partial charge in [-0.1, -0.05) is 0 Å². The highest BCUT2D eigenvalue weighted by Gasteiger charge is 2.53. The molecule has 0 aromatic heterocycles. The molecule has 4 atom stereocenters. The van der Waals surface area contributed by atoms with Crippen molar-refractivity contribution in [1.82, 2.24) is 0 Å². The molecule has 0 unspecified atom stereocenters. The Morgan fingerprint density at radius 1 is 0.833 bits per heavy atom. The molecule has 1 fully saturated rings. The Morgan fingerprint density at radius 2 is 1.33 bits per heavy atom. The van der Waals surface area contributed by atoms with E-state index < -0.39 is 54.0 Å². The van der Waals surface area contributed by atoms with Crippen LogP contribution in [-0.4, -0.2) is 44.3 Å². The Morgan fingerprint density at radius 3 is 1.67 bits per heavy atom. The minimum Gasteiger partial charge on any atom is -0.481 e. The summed E-state index contributed by atoms with van der Waals surface area (Å²) >= 11 is 0. The summed E-state index contributed by atoms with van der Waals surface area (Å²) in [7, 11) is 0. The van der Waals surface area contributed by atoms with Crippen molar-refractivity contribution >= 4 is 23.9 Å². The summed E-state index contributed by atoms with van der Waals surface area (Å²) in [6.45, 7) is 0. The van der Waals surface area contributed by atoms with Gasteiger partial charge in [0.05, 0.1) is 17.8 Å². The van der Waals surface area contributed by atoms with Gasteiger partial charge < -0.3 is 20.4 Å². The van der Waals surface area contributed by atoms with Gasteiger partial charge in [0, 0.05) is 6.42 Å². The topological polar surface area (TPSA) is 149 Å². The molecule has 0 heterocycles. The largest absolute Gasteiger partial charge is 0.481 e. The molecule has 0 radical (unpaired) electrons. The van der Waals surface area contributed by atoms with E-state index in [9.17, 15) is 19.2 Å². The highest BCUT2D eigenvalue weighted by Crippen LogP contribution is 2.44. The van der Waals surface area contributed by atoms with E-state index in [1.54, 1.807) is 0 Å². The third-order valence-corrected chi connectivity index (χ3v) is 3.25. The Bertz CT molecular complexity index is 401. The molecule has 1 rings (SSSR count). The molecule has 0 aromatic rings. The van der Waals surface area contributed by atoms with Crippen molar-refractivity contribution in [3.8, 4) is 0 Å². The maximum atomic E-state index is 11.0. The van der Waals surface area contributed by atoms with E-state index >= 15 is 0 Å². The SMILES string of the molecule is O=C(O)C[C@@H]1[C@@H](C(=O)O)[C@H](C(=O)O)C[C@@H]1C(=O)O. The number of rotatable bonds is 5. The summed E-state index contributed by atoms with van der Waals surface area (Å²) in [5.74, 6) is -10.9. The van der Waals surface area contributed by atoms with Gasteiger partial charge in [-0.05, 0) is 12.3 Å². The van der Waals surface area contributed by atoms with Gasteiger partial charge >= 0.3 is 23.9 Å². The minimum atomic E-state index is -1.49. The number of carboxylic acid groups (broad SMARTS) is 4. The van der Waals surface area contributed by atoms with Gasteiger partial charge in [-0.3, -0.25) is 19.2 Å². The summed E-state index contributed by atoms with van der Waals surface area (Å²) in [5, 5.41) is 35.4. The lowest BCUT2D eigenvalue weighted by molar-refractivity contribution is -0.155. The second-order valence-electron chi connectivity index (χ2n) is 4.25. The average molecular weight is 260 g/mol. The number of hydrogen-bond acceptors (Lipinski definition) is 4. The molecule has 1 aliphatic carbocycles. The van der Waals surface area contributed by atoms with E-state index in [4.69, 9.17) is 20.4 Å². The lowest BCUT2D eigenvalue weighted by Crippen LogP contribution is -2.32. The first kappa shape index (κ1) is 13.9. The molecule has 1 saturated carbocycles. The van der Waals surface area contributed by atoms with Gasteiger partial charge in [-0.25, -0.2) is 0 Å². The Hall–Kier alpha value is -2.12. The molecule has 0 aliphatic heterocycles. The lowest BCUT2D eigenvalue weighted by atomic mass is 9.84. The first-order valence-electron chi connectivity index (χ1n) is 5.16. The van der Waals surface area contributed by atoms with Crippen LogP contribution in [0.5, 0.6) is 0 Å². The summed E-state index contributed by atoms with van der Waals surface area (Å²) in [6.07, 6.45) is -1.03. The Labute approximate surface area is 101 Å². The fourth-order valence-electron chi connectivity index (χ4n) is 2.51. The van der Waals surface area contributed by atoms with Gasteiger partial charge in [0.15, 0.2) is 0 Å². The molecule has 1 aliphatic rings. The minimum absolute atomic E-state index is 0.362. The normalized spacial score (nSPS) is 30.9. The third-order valence-electron chi connectivity index (χ3n) is 3.25. The van der Waals surface area contributed by atoms with Crippen molar-refractivity contribution in [1.29, 1.82) is 0 Å². The van der Waals surface area contributed by atoms with Crippen LogP contribution in [0.25, 0.3) is 0 Å². The quantitative estimate of drug-likeness (QED) is 0.520. The molecule has 100 valence electrons. The molecule has 0 bridgehead atoms. The molecular formula is C10H12O8. The van der Waals surface area contributed by atoms with Crippen molar-refractivity contribution in [2.45, 2.75) is 12.8 Å². The van der Waals surface area contributed by atoms with E-state index in [1.165, 1.54) is 0 Å². The van der Waals surface area contributed by atoms with Crippen molar-refractivity contribution < 1.29 is 39.6 Å². The van der Waals surface area contributed by atoms with E-state index in [2.05, 4.69) is 0 Å². The second-order valence-corrected chi connectivity index (χ2v) is 4.25. The molecule has 0 amide bonds. The number of carbonyl (C=O) groups is 4. The van der Waals surface area contributed by atoms with Crippen molar-refractivity contribution in [3.05, 3.63) is 0 Å². The van der Waals surface area contributed by atoms with Crippen molar-refractivity contribution in [2.75, 3.05) is 0 Å². The van der Waals surface area contributed by atoms with Crippen LogP contribution in [0.4, 0.5) is 0 Å². The van der Waals surface area contributed by atoms with Gasteiger partial charge in [-0.2, -0.15) is 0 Å². The second kappa shape index (κ2) is 5.03.